The number of carbonyl (C=O) groups is 1. The zero-order chi connectivity index (χ0) is 14.8. The van der Waals surface area contributed by atoms with Crippen molar-refractivity contribution in [2.45, 2.75) is 26.6 Å². The van der Waals surface area contributed by atoms with Gasteiger partial charge in [-0.25, -0.2) is 0 Å². The van der Waals surface area contributed by atoms with Gasteiger partial charge in [0.15, 0.2) is 0 Å². The van der Waals surface area contributed by atoms with E-state index < -0.39 is 0 Å². The molecule has 1 aromatic carbocycles. The van der Waals surface area contributed by atoms with Crippen molar-refractivity contribution < 1.29 is 4.79 Å². The molecule has 1 N–H and O–H groups in total. The molecule has 0 fully saturated rings. The van der Waals surface area contributed by atoms with E-state index in [-0.39, 0.29) is 5.91 Å². The fraction of sp³-hybridized carbons (Fsp3) is 0.294. The van der Waals surface area contributed by atoms with Gasteiger partial charge in [-0.15, -0.1) is 0 Å². The predicted octanol–water partition coefficient (Wildman–Crippen LogP) is 2.27. The van der Waals surface area contributed by atoms with E-state index in [1.807, 2.05) is 50.4 Å². The number of fused-ring (bicyclic) bond motifs is 1. The highest BCUT2D eigenvalue weighted by molar-refractivity contribution is 5.94. The van der Waals surface area contributed by atoms with Crippen molar-refractivity contribution in [2.75, 3.05) is 7.05 Å². The lowest BCUT2D eigenvalue weighted by Gasteiger charge is -2.17. The molecule has 0 saturated carbocycles. The summed E-state index contributed by atoms with van der Waals surface area (Å²) in [5.41, 5.74) is 5.13. The summed E-state index contributed by atoms with van der Waals surface area (Å²) >= 11 is 0. The maximum Gasteiger partial charge on any atom is 0.253 e. The van der Waals surface area contributed by atoms with Crippen molar-refractivity contribution in [1.29, 1.82) is 0 Å². The molecule has 2 heterocycles. The Bertz CT molecular complexity index is 681. The van der Waals surface area contributed by atoms with E-state index >= 15 is 0 Å². The van der Waals surface area contributed by atoms with E-state index in [0.29, 0.717) is 6.54 Å². The van der Waals surface area contributed by atoms with Gasteiger partial charge in [0.2, 0.25) is 0 Å². The molecule has 2 aromatic rings. The summed E-state index contributed by atoms with van der Waals surface area (Å²) in [5.74, 6) is 0.0352. The second-order valence-electron chi connectivity index (χ2n) is 5.52. The first-order valence-electron chi connectivity index (χ1n) is 7.14. The summed E-state index contributed by atoms with van der Waals surface area (Å²) in [4.78, 5) is 18.7. The smallest absolute Gasteiger partial charge is 0.253 e. The second kappa shape index (κ2) is 5.66. The van der Waals surface area contributed by atoms with Crippen molar-refractivity contribution in [1.82, 2.24) is 15.2 Å². The molecule has 0 spiro atoms. The number of nitrogens with one attached hydrogen (secondary N) is 1. The zero-order valence-electron chi connectivity index (χ0n) is 12.4. The van der Waals surface area contributed by atoms with Crippen molar-refractivity contribution in [3.8, 4) is 0 Å². The van der Waals surface area contributed by atoms with Crippen molar-refractivity contribution >= 4 is 5.91 Å². The van der Waals surface area contributed by atoms with Crippen LogP contribution >= 0.6 is 0 Å². The van der Waals surface area contributed by atoms with E-state index in [0.717, 1.165) is 30.0 Å². The summed E-state index contributed by atoms with van der Waals surface area (Å²) in [5, 5.41) is 3.29. The lowest BCUT2D eigenvalue weighted by Crippen LogP contribution is -2.26. The molecule has 0 bridgehead atoms. The molecule has 21 heavy (non-hydrogen) atoms. The van der Waals surface area contributed by atoms with E-state index in [9.17, 15) is 4.79 Å². The predicted molar refractivity (Wildman–Crippen MR) is 81.8 cm³/mol. The third kappa shape index (κ3) is 2.95. The molecule has 0 radical (unpaired) electrons. The number of pyridine rings is 1. The molecule has 0 atom stereocenters. The largest absolute Gasteiger partial charge is 0.336 e. The third-order valence-electron chi connectivity index (χ3n) is 3.78. The Morgan fingerprint density at radius 2 is 2.05 bits per heavy atom. The summed E-state index contributed by atoms with van der Waals surface area (Å²) < 4.78 is 0. The lowest BCUT2D eigenvalue weighted by atomic mass is 10.1. The molecule has 0 saturated heterocycles. The zero-order valence-corrected chi connectivity index (χ0v) is 12.4. The molecule has 1 aromatic heterocycles. The Morgan fingerprint density at radius 1 is 1.24 bits per heavy atom. The van der Waals surface area contributed by atoms with Crippen LogP contribution in [0.25, 0.3) is 0 Å². The van der Waals surface area contributed by atoms with Crippen LogP contribution in [-0.4, -0.2) is 22.8 Å². The number of aromatic nitrogens is 1. The van der Waals surface area contributed by atoms with Gasteiger partial charge in [-0.1, -0.05) is 12.1 Å². The van der Waals surface area contributed by atoms with Gasteiger partial charge in [0.25, 0.3) is 5.91 Å². The fourth-order valence-corrected chi connectivity index (χ4v) is 2.65. The maximum atomic E-state index is 12.5. The van der Waals surface area contributed by atoms with Crippen LogP contribution in [0.15, 0.2) is 36.4 Å². The Kier molecular flexibility index (Phi) is 3.71. The molecule has 4 nitrogen and oxygen atoms in total. The molecular weight excluding hydrogens is 262 g/mol. The average molecular weight is 281 g/mol. The van der Waals surface area contributed by atoms with Crippen LogP contribution in [-0.2, 0) is 19.6 Å². The minimum atomic E-state index is 0.0352. The number of nitrogens with zero attached hydrogens (tertiary/aromatic N) is 2. The van der Waals surface area contributed by atoms with Gasteiger partial charge in [0.05, 0.1) is 12.2 Å². The van der Waals surface area contributed by atoms with Crippen LogP contribution in [0.5, 0.6) is 0 Å². The first kappa shape index (κ1) is 13.8. The molecule has 0 unspecified atom stereocenters. The highest BCUT2D eigenvalue weighted by Gasteiger charge is 2.16. The molecule has 0 aliphatic carbocycles. The number of rotatable bonds is 3. The van der Waals surface area contributed by atoms with Gasteiger partial charge in [-0.2, -0.15) is 0 Å². The van der Waals surface area contributed by atoms with E-state index in [2.05, 4.69) is 10.3 Å². The molecule has 4 heteroatoms. The SMILES string of the molecule is Cc1cccc(CN(C)C(=O)c2ccc3c(c2)CNC3)n1. The van der Waals surface area contributed by atoms with E-state index in [1.165, 1.54) is 11.1 Å². The Labute approximate surface area is 124 Å². The fourth-order valence-electron chi connectivity index (χ4n) is 2.65. The average Bonchev–Trinajstić information content (AvgIpc) is 2.93. The highest BCUT2D eigenvalue weighted by Crippen LogP contribution is 2.18. The number of amides is 1. The number of carbonyl (C=O) groups excluding carboxylic acids is 1. The second-order valence-corrected chi connectivity index (χ2v) is 5.52. The maximum absolute atomic E-state index is 12.5. The minimum absolute atomic E-state index is 0.0352. The van der Waals surface area contributed by atoms with Gasteiger partial charge in [-0.3, -0.25) is 9.78 Å². The van der Waals surface area contributed by atoms with E-state index in [1.54, 1.807) is 4.90 Å². The van der Waals surface area contributed by atoms with Crippen LogP contribution in [0.1, 0.15) is 32.9 Å². The van der Waals surface area contributed by atoms with Crippen LogP contribution in [0, 0.1) is 6.92 Å². The minimum Gasteiger partial charge on any atom is -0.336 e. The summed E-state index contributed by atoms with van der Waals surface area (Å²) in [6.07, 6.45) is 0. The van der Waals surface area contributed by atoms with Crippen molar-refractivity contribution in [3.63, 3.8) is 0 Å². The quantitative estimate of drug-likeness (QED) is 0.938. The molecule has 108 valence electrons. The number of hydrogen-bond acceptors (Lipinski definition) is 3. The van der Waals surface area contributed by atoms with Gasteiger partial charge >= 0.3 is 0 Å². The van der Waals surface area contributed by atoms with Gasteiger partial charge in [0, 0.05) is 31.4 Å². The molecule has 1 aliphatic rings. The van der Waals surface area contributed by atoms with E-state index in [4.69, 9.17) is 0 Å². The number of hydrogen-bond donors (Lipinski definition) is 1. The normalized spacial score (nSPS) is 13.0. The first-order valence-corrected chi connectivity index (χ1v) is 7.14. The topological polar surface area (TPSA) is 45.2 Å². The molecule has 1 amide bonds. The molecule has 3 rings (SSSR count). The summed E-state index contributed by atoms with van der Waals surface area (Å²) in [7, 11) is 1.82. The standard InChI is InChI=1S/C17H19N3O/c1-12-4-3-5-16(19-12)11-20(2)17(21)13-6-7-14-9-18-10-15(14)8-13/h3-8,18H,9-11H2,1-2H3. The van der Waals surface area contributed by atoms with Crippen molar-refractivity contribution in [2.24, 2.45) is 0 Å². The van der Waals surface area contributed by atoms with Crippen molar-refractivity contribution in [3.05, 3.63) is 64.5 Å². The Morgan fingerprint density at radius 3 is 2.86 bits per heavy atom. The van der Waals surface area contributed by atoms with Crippen LogP contribution in [0.4, 0.5) is 0 Å². The highest BCUT2D eigenvalue weighted by atomic mass is 16.2. The Balaban J connectivity index is 1.75. The molecule has 1 aliphatic heterocycles. The van der Waals surface area contributed by atoms with Crippen LogP contribution in [0.3, 0.4) is 0 Å². The number of benzene rings is 1. The first-order chi connectivity index (χ1) is 10.1. The van der Waals surface area contributed by atoms with Crippen LogP contribution < -0.4 is 5.32 Å². The number of aryl methyl sites for hydroxylation is 1. The van der Waals surface area contributed by atoms with Gasteiger partial charge in [-0.05, 0) is 42.3 Å². The van der Waals surface area contributed by atoms with Gasteiger partial charge in [0.1, 0.15) is 0 Å². The summed E-state index contributed by atoms with van der Waals surface area (Å²) in [6.45, 7) is 4.22. The lowest BCUT2D eigenvalue weighted by molar-refractivity contribution is 0.0783. The monoisotopic (exact) mass is 281 g/mol. The van der Waals surface area contributed by atoms with Gasteiger partial charge < -0.3 is 10.2 Å². The molecular formula is C17H19N3O. The summed E-state index contributed by atoms with van der Waals surface area (Å²) in [6, 6.07) is 11.8. The van der Waals surface area contributed by atoms with Crippen LogP contribution in [0.2, 0.25) is 0 Å². The third-order valence-corrected chi connectivity index (χ3v) is 3.78. The Hall–Kier alpha value is -2.20.